The highest BCUT2D eigenvalue weighted by atomic mass is 32.2. The van der Waals surface area contributed by atoms with Crippen LogP contribution >= 0.6 is 0 Å². The van der Waals surface area contributed by atoms with E-state index in [1.165, 1.54) is 0 Å². The Morgan fingerprint density at radius 2 is 2.00 bits per heavy atom. The maximum absolute atomic E-state index is 11.9. The van der Waals surface area contributed by atoms with Crippen molar-refractivity contribution >= 4 is 10.0 Å². The molecule has 5 nitrogen and oxygen atoms in total. The van der Waals surface area contributed by atoms with E-state index in [0.717, 1.165) is 0 Å². The van der Waals surface area contributed by atoms with Crippen LogP contribution in [0.3, 0.4) is 0 Å². The molecule has 0 fully saturated rings. The van der Waals surface area contributed by atoms with E-state index in [4.69, 9.17) is 0 Å². The molecule has 0 amide bonds. The van der Waals surface area contributed by atoms with Gasteiger partial charge >= 0.3 is 0 Å². The number of rotatable bonds is 3. The minimum absolute atomic E-state index is 0.0850. The number of hydrogen-bond donors (Lipinski definition) is 1. The lowest BCUT2D eigenvalue weighted by molar-refractivity contribution is 0.490. The summed E-state index contributed by atoms with van der Waals surface area (Å²) >= 11 is 0. The van der Waals surface area contributed by atoms with Crippen molar-refractivity contribution in [1.82, 2.24) is 14.3 Å². The van der Waals surface area contributed by atoms with Gasteiger partial charge in [0.25, 0.3) is 10.0 Å². The molecule has 0 saturated heterocycles. The fourth-order valence-electron chi connectivity index (χ4n) is 1.38. The minimum Gasteiger partial charge on any atom is -0.334 e. The van der Waals surface area contributed by atoms with Crippen LogP contribution in [0.4, 0.5) is 0 Å². The molecule has 1 aromatic rings. The van der Waals surface area contributed by atoms with Crippen molar-refractivity contribution in [3.63, 3.8) is 0 Å². The van der Waals surface area contributed by atoms with E-state index in [2.05, 4.69) is 9.71 Å². The minimum atomic E-state index is -3.51. The van der Waals surface area contributed by atoms with Gasteiger partial charge in [-0.15, -0.1) is 0 Å². The third-order valence-corrected chi connectivity index (χ3v) is 3.64. The number of sulfonamides is 1. The molecule has 0 aromatic carbocycles. The molecule has 92 valence electrons. The van der Waals surface area contributed by atoms with Crippen LogP contribution in [0.15, 0.2) is 11.2 Å². The summed E-state index contributed by atoms with van der Waals surface area (Å²) in [7, 11) is -3.51. The van der Waals surface area contributed by atoms with Crippen molar-refractivity contribution in [2.24, 2.45) is 0 Å². The molecule has 6 heteroatoms. The van der Waals surface area contributed by atoms with Crippen LogP contribution in [-0.4, -0.2) is 23.5 Å². The zero-order valence-corrected chi connectivity index (χ0v) is 11.2. The molecule has 0 unspecified atom stereocenters. The van der Waals surface area contributed by atoms with Gasteiger partial charge in [0.15, 0.2) is 5.03 Å². The van der Waals surface area contributed by atoms with Crippen LogP contribution in [0.1, 0.15) is 33.5 Å². The third-order valence-electron chi connectivity index (χ3n) is 2.01. The van der Waals surface area contributed by atoms with Crippen molar-refractivity contribution < 1.29 is 8.42 Å². The Hall–Kier alpha value is -0.880. The first kappa shape index (κ1) is 13.2. The van der Waals surface area contributed by atoms with Crippen LogP contribution in [0, 0.1) is 6.92 Å². The van der Waals surface area contributed by atoms with Crippen LogP contribution < -0.4 is 4.72 Å². The van der Waals surface area contributed by atoms with E-state index in [-0.39, 0.29) is 5.03 Å². The molecule has 0 aliphatic carbocycles. The highest BCUT2D eigenvalue weighted by Gasteiger charge is 2.24. The van der Waals surface area contributed by atoms with E-state index < -0.39 is 15.6 Å². The summed E-state index contributed by atoms with van der Waals surface area (Å²) in [6.07, 6.45) is 1.56. The Labute approximate surface area is 96.9 Å². The lowest BCUT2D eigenvalue weighted by Gasteiger charge is -2.19. The standard InChI is InChI=1S/C10H19N3O2S/c1-6-13-7-9(11-8(13)2)16(14,15)12-10(3,4)5/h7,12H,6H2,1-5H3. The van der Waals surface area contributed by atoms with Gasteiger partial charge in [-0.3, -0.25) is 0 Å². The lowest BCUT2D eigenvalue weighted by atomic mass is 10.1. The predicted octanol–water partition coefficient (Wildman–Crippen LogP) is 1.29. The molecule has 0 bridgehead atoms. The van der Waals surface area contributed by atoms with Gasteiger partial charge in [0.2, 0.25) is 0 Å². The zero-order chi connectivity index (χ0) is 12.6. The van der Waals surface area contributed by atoms with E-state index in [0.29, 0.717) is 12.4 Å². The average Bonchev–Trinajstić information content (AvgIpc) is 2.43. The van der Waals surface area contributed by atoms with E-state index in [1.807, 2.05) is 6.92 Å². The Morgan fingerprint density at radius 1 is 1.44 bits per heavy atom. The van der Waals surface area contributed by atoms with Crippen LogP contribution in [0.2, 0.25) is 0 Å². The molecule has 0 aliphatic heterocycles. The summed E-state index contributed by atoms with van der Waals surface area (Å²) in [5, 5.41) is 0.0850. The molecule has 0 radical (unpaired) electrons. The van der Waals surface area contributed by atoms with Gasteiger partial charge in [-0.2, -0.15) is 0 Å². The number of nitrogens with one attached hydrogen (secondary N) is 1. The molecular formula is C10H19N3O2S. The second-order valence-electron chi connectivity index (χ2n) is 4.77. The Kier molecular flexibility index (Phi) is 3.44. The summed E-state index contributed by atoms with van der Waals surface area (Å²) in [5.74, 6) is 0.705. The van der Waals surface area contributed by atoms with Crippen molar-refractivity contribution in [3.8, 4) is 0 Å². The summed E-state index contributed by atoms with van der Waals surface area (Å²) in [4.78, 5) is 4.05. The highest BCUT2D eigenvalue weighted by Crippen LogP contribution is 2.12. The fraction of sp³-hybridized carbons (Fsp3) is 0.700. The molecule has 16 heavy (non-hydrogen) atoms. The molecule has 1 aromatic heterocycles. The van der Waals surface area contributed by atoms with Crippen molar-refractivity contribution in [2.75, 3.05) is 0 Å². The largest absolute Gasteiger partial charge is 0.334 e. The van der Waals surface area contributed by atoms with Gasteiger partial charge in [-0.1, -0.05) is 0 Å². The predicted molar refractivity (Wildman–Crippen MR) is 62.7 cm³/mol. The molecule has 0 spiro atoms. The molecule has 0 saturated carbocycles. The molecular weight excluding hydrogens is 226 g/mol. The number of aromatic nitrogens is 2. The topological polar surface area (TPSA) is 64.0 Å². The first-order chi connectivity index (χ1) is 7.15. The third kappa shape index (κ3) is 3.05. The summed E-state index contributed by atoms with van der Waals surface area (Å²) in [6, 6.07) is 0. The van der Waals surface area contributed by atoms with Gasteiger partial charge in [-0.25, -0.2) is 18.1 Å². The molecule has 1 rings (SSSR count). The summed E-state index contributed by atoms with van der Waals surface area (Å²) in [5.41, 5.74) is -0.497. The summed E-state index contributed by atoms with van der Waals surface area (Å²) < 4.78 is 28.3. The normalized spacial score (nSPS) is 13.1. The monoisotopic (exact) mass is 245 g/mol. The fourth-order valence-corrected chi connectivity index (χ4v) is 2.81. The van der Waals surface area contributed by atoms with Crippen molar-refractivity contribution in [3.05, 3.63) is 12.0 Å². The van der Waals surface area contributed by atoms with Gasteiger partial charge in [-0.05, 0) is 34.6 Å². The zero-order valence-electron chi connectivity index (χ0n) is 10.4. The van der Waals surface area contributed by atoms with E-state index in [1.54, 1.807) is 38.5 Å². The number of hydrogen-bond acceptors (Lipinski definition) is 3. The van der Waals surface area contributed by atoms with Crippen LogP contribution in [0.25, 0.3) is 0 Å². The second-order valence-corrected chi connectivity index (χ2v) is 6.40. The molecule has 0 atom stereocenters. The van der Waals surface area contributed by atoms with E-state index >= 15 is 0 Å². The first-order valence-corrected chi connectivity index (χ1v) is 6.72. The smallest absolute Gasteiger partial charge is 0.260 e. The summed E-state index contributed by atoms with van der Waals surface area (Å²) in [6.45, 7) is 9.85. The Bertz CT molecular complexity index is 469. The van der Waals surface area contributed by atoms with Gasteiger partial charge < -0.3 is 4.57 Å². The van der Waals surface area contributed by atoms with Crippen molar-refractivity contribution in [2.45, 2.75) is 51.7 Å². The number of aryl methyl sites for hydroxylation is 2. The lowest BCUT2D eigenvalue weighted by Crippen LogP contribution is -2.40. The molecule has 1 N–H and O–H groups in total. The molecule has 0 aliphatic rings. The maximum Gasteiger partial charge on any atom is 0.260 e. The number of nitrogens with zero attached hydrogens (tertiary/aromatic N) is 2. The van der Waals surface area contributed by atoms with Gasteiger partial charge in [0.05, 0.1) is 0 Å². The van der Waals surface area contributed by atoms with Gasteiger partial charge in [0.1, 0.15) is 5.82 Å². The quantitative estimate of drug-likeness (QED) is 0.872. The van der Waals surface area contributed by atoms with E-state index in [9.17, 15) is 8.42 Å². The molecule has 1 heterocycles. The average molecular weight is 245 g/mol. The number of imidazole rings is 1. The van der Waals surface area contributed by atoms with Crippen LogP contribution in [-0.2, 0) is 16.6 Å². The van der Waals surface area contributed by atoms with Crippen molar-refractivity contribution in [1.29, 1.82) is 0 Å². The highest BCUT2D eigenvalue weighted by molar-refractivity contribution is 7.89. The van der Waals surface area contributed by atoms with Crippen LogP contribution in [0.5, 0.6) is 0 Å². The Morgan fingerprint density at radius 3 is 2.38 bits per heavy atom. The Balaban J connectivity index is 3.08. The maximum atomic E-state index is 11.9. The second kappa shape index (κ2) is 4.18. The SMILES string of the molecule is CCn1cc(S(=O)(=O)NC(C)(C)C)nc1C. The first-order valence-electron chi connectivity index (χ1n) is 5.23. The van der Waals surface area contributed by atoms with Gasteiger partial charge in [0, 0.05) is 18.3 Å².